The van der Waals surface area contributed by atoms with Crippen LogP contribution in [0.3, 0.4) is 0 Å². The largest absolute Gasteiger partial charge is 0.358 e. The molecule has 1 aliphatic rings. The summed E-state index contributed by atoms with van der Waals surface area (Å²) < 4.78 is 45.3. The number of fused-ring (bicyclic) bond motifs is 1. The summed E-state index contributed by atoms with van der Waals surface area (Å²) in [6, 6.07) is 10.1. The molecular formula is C21H25Cl2N5O3S2. The van der Waals surface area contributed by atoms with Gasteiger partial charge >= 0.3 is 10.2 Å². The van der Waals surface area contributed by atoms with Crippen LogP contribution in [0.1, 0.15) is 13.3 Å². The number of halogens is 2. The number of H-pyrrole nitrogens is 1. The fraction of sp³-hybridized carbons (Fsp3) is 0.333. The number of aromatic nitrogens is 1. The zero-order valence-corrected chi connectivity index (χ0v) is 21.1. The highest BCUT2D eigenvalue weighted by atomic mass is 35.5. The third-order valence-corrected chi connectivity index (χ3v) is 9.07. The van der Waals surface area contributed by atoms with Crippen molar-refractivity contribution in [2.45, 2.75) is 18.2 Å². The molecule has 2 aromatic carbocycles. The van der Waals surface area contributed by atoms with Gasteiger partial charge in [0.2, 0.25) is 0 Å². The highest BCUT2D eigenvalue weighted by molar-refractivity contribution is 7.90. The van der Waals surface area contributed by atoms with Crippen molar-refractivity contribution in [3.63, 3.8) is 0 Å². The minimum absolute atomic E-state index is 0.364. The Bertz CT molecular complexity index is 1260. The average molecular weight is 531 g/mol. The predicted octanol–water partition coefficient (Wildman–Crippen LogP) is 3.98. The molecule has 1 aromatic heterocycles. The minimum atomic E-state index is -3.64. The van der Waals surface area contributed by atoms with Crippen molar-refractivity contribution in [3.05, 3.63) is 52.6 Å². The SMILES string of the molecule is CCCN(c1ccc(S(=O)Nc2ccc(Cl)c3c(Cl)c[nH]c23)cc1)S(=O)(=O)N1CCNCC1. The van der Waals surface area contributed by atoms with E-state index in [1.807, 2.05) is 6.92 Å². The molecular weight excluding hydrogens is 505 g/mol. The highest BCUT2D eigenvalue weighted by Gasteiger charge is 2.30. The molecule has 2 heterocycles. The van der Waals surface area contributed by atoms with Crippen LogP contribution in [0.15, 0.2) is 47.5 Å². The molecule has 33 heavy (non-hydrogen) atoms. The quantitative estimate of drug-likeness (QED) is 0.411. The summed E-state index contributed by atoms with van der Waals surface area (Å²) >= 11 is 12.4. The number of nitrogens with zero attached hydrogens (tertiary/aromatic N) is 2. The molecule has 1 atom stereocenters. The average Bonchev–Trinajstić information content (AvgIpc) is 3.22. The standard InChI is InChI=1S/C21H25Cl2N5O3S2/c1-2-11-28(33(30,31)27-12-9-24-10-13-27)15-3-5-16(6-4-15)32(29)26-19-8-7-17(22)20-18(23)14-25-21(19)20/h3-8,14,24-26H,2,9-13H2,1H3. The monoisotopic (exact) mass is 529 g/mol. The third kappa shape index (κ3) is 5.01. The third-order valence-electron chi connectivity index (χ3n) is 5.39. The molecule has 0 bridgehead atoms. The zero-order valence-electron chi connectivity index (χ0n) is 18.0. The van der Waals surface area contributed by atoms with Gasteiger partial charge in [-0.2, -0.15) is 12.7 Å². The maximum atomic E-state index is 13.2. The number of aromatic amines is 1. The molecule has 3 N–H and O–H groups in total. The first kappa shape index (κ1) is 24.3. The van der Waals surface area contributed by atoms with E-state index in [1.54, 1.807) is 42.6 Å². The number of hydrogen-bond donors (Lipinski definition) is 3. The molecule has 12 heteroatoms. The van der Waals surface area contributed by atoms with E-state index in [9.17, 15) is 12.6 Å². The smallest absolute Gasteiger partial charge is 0.304 e. The first-order valence-electron chi connectivity index (χ1n) is 10.5. The van der Waals surface area contributed by atoms with Crippen molar-refractivity contribution in [1.82, 2.24) is 14.6 Å². The van der Waals surface area contributed by atoms with Crippen LogP contribution < -0.4 is 14.3 Å². The molecule has 3 aromatic rings. The Morgan fingerprint density at radius 3 is 2.45 bits per heavy atom. The summed E-state index contributed by atoms with van der Waals surface area (Å²) in [5, 5.41) is 4.81. The topological polar surface area (TPSA) is 97.5 Å². The number of hydrogen-bond acceptors (Lipinski definition) is 4. The van der Waals surface area contributed by atoms with Crippen LogP contribution in [0.4, 0.5) is 11.4 Å². The molecule has 1 aliphatic heterocycles. The molecule has 1 unspecified atom stereocenters. The Balaban J connectivity index is 1.55. The van der Waals surface area contributed by atoms with Crippen molar-refractivity contribution in [1.29, 1.82) is 0 Å². The maximum Gasteiger partial charge on any atom is 0.304 e. The van der Waals surface area contributed by atoms with Crippen LogP contribution >= 0.6 is 23.2 Å². The van der Waals surface area contributed by atoms with Crippen molar-refractivity contribution < 1.29 is 12.6 Å². The van der Waals surface area contributed by atoms with Gasteiger partial charge in [0.05, 0.1) is 31.8 Å². The summed E-state index contributed by atoms with van der Waals surface area (Å²) in [5.41, 5.74) is 1.80. The van der Waals surface area contributed by atoms with Crippen LogP contribution in [0.5, 0.6) is 0 Å². The summed E-state index contributed by atoms with van der Waals surface area (Å²) in [5.74, 6) is 0. The lowest BCUT2D eigenvalue weighted by atomic mass is 10.2. The van der Waals surface area contributed by atoms with Gasteiger partial charge < -0.3 is 10.3 Å². The maximum absolute atomic E-state index is 13.2. The summed E-state index contributed by atoms with van der Waals surface area (Å²) in [7, 11) is -5.22. The Morgan fingerprint density at radius 2 is 1.79 bits per heavy atom. The van der Waals surface area contributed by atoms with Gasteiger partial charge in [-0.3, -0.25) is 9.03 Å². The fourth-order valence-corrected chi connectivity index (χ4v) is 6.90. The normalized spacial score (nSPS) is 16.1. The zero-order chi connectivity index (χ0) is 23.6. The van der Waals surface area contributed by atoms with Gasteiger partial charge in [-0.25, -0.2) is 4.21 Å². The highest BCUT2D eigenvalue weighted by Crippen LogP contribution is 2.35. The molecule has 4 rings (SSSR count). The van der Waals surface area contributed by atoms with Crippen molar-refractivity contribution >= 4 is 66.7 Å². The van der Waals surface area contributed by atoms with Gasteiger partial charge in [0.1, 0.15) is 11.0 Å². The van der Waals surface area contributed by atoms with Crippen LogP contribution in [-0.2, 0) is 21.2 Å². The van der Waals surface area contributed by atoms with Gasteiger partial charge in [-0.05, 0) is 42.8 Å². The summed E-state index contributed by atoms with van der Waals surface area (Å²) in [4.78, 5) is 3.55. The number of rotatable bonds is 8. The van der Waals surface area contributed by atoms with Crippen molar-refractivity contribution in [3.8, 4) is 0 Å². The van der Waals surface area contributed by atoms with Gasteiger partial charge in [0.25, 0.3) is 0 Å². The molecule has 1 saturated heterocycles. The van der Waals surface area contributed by atoms with Crippen LogP contribution in [0.25, 0.3) is 10.9 Å². The Kier molecular flexibility index (Phi) is 7.52. The number of benzene rings is 2. The second-order valence-corrected chi connectivity index (χ2v) is 11.5. The Hall–Kier alpha value is -1.82. The van der Waals surface area contributed by atoms with E-state index < -0.39 is 21.2 Å². The Morgan fingerprint density at radius 1 is 1.09 bits per heavy atom. The van der Waals surface area contributed by atoms with E-state index in [1.165, 1.54) is 8.61 Å². The second-order valence-electron chi connectivity index (χ2n) is 7.58. The molecule has 0 saturated carbocycles. The van der Waals surface area contributed by atoms with E-state index in [0.29, 0.717) is 76.4 Å². The van der Waals surface area contributed by atoms with E-state index in [-0.39, 0.29) is 0 Å². The lowest BCUT2D eigenvalue weighted by Gasteiger charge is -2.33. The van der Waals surface area contributed by atoms with Crippen LogP contribution in [-0.4, -0.2) is 54.6 Å². The number of nitrogens with one attached hydrogen (secondary N) is 3. The van der Waals surface area contributed by atoms with Gasteiger partial charge in [-0.15, -0.1) is 0 Å². The summed E-state index contributed by atoms with van der Waals surface area (Å²) in [6.07, 6.45) is 2.30. The van der Waals surface area contributed by atoms with Gasteiger partial charge in [0, 0.05) is 44.3 Å². The predicted molar refractivity (Wildman–Crippen MR) is 136 cm³/mol. The molecule has 178 valence electrons. The van der Waals surface area contributed by atoms with Gasteiger partial charge in [-0.1, -0.05) is 30.1 Å². The van der Waals surface area contributed by atoms with Crippen LogP contribution in [0, 0.1) is 0 Å². The molecule has 0 amide bonds. The minimum Gasteiger partial charge on any atom is -0.358 e. The number of anilines is 2. The Labute approximate surface area is 206 Å². The molecule has 1 fully saturated rings. The van der Waals surface area contributed by atoms with E-state index in [2.05, 4.69) is 15.0 Å². The lowest BCUT2D eigenvalue weighted by molar-refractivity contribution is 0.358. The first-order valence-corrected chi connectivity index (χ1v) is 13.8. The molecule has 0 radical (unpaired) electrons. The van der Waals surface area contributed by atoms with E-state index in [0.717, 1.165) is 0 Å². The fourth-order valence-electron chi connectivity index (χ4n) is 3.74. The first-order chi connectivity index (χ1) is 15.8. The van der Waals surface area contributed by atoms with Crippen molar-refractivity contribution in [2.24, 2.45) is 0 Å². The second kappa shape index (κ2) is 10.2. The molecule has 0 spiro atoms. The summed E-state index contributed by atoms with van der Waals surface area (Å²) in [6.45, 7) is 4.44. The lowest BCUT2D eigenvalue weighted by Crippen LogP contribution is -2.52. The molecule has 8 nitrogen and oxygen atoms in total. The van der Waals surface area contributed by atoms with Gasteiger partial charge in [0.15, 0.2) is 0 Å². The number of piperazine rings is 1. The van der Waals surface area contributed by atoms with E-state index in [4.69, 9.17) is 23.2 Å². The molecule has 0 aliphatic carbocycles. The van der Waals surface area contributed by atoms with Crippen molar-refractivity contribution in [2.75, 3.05) is 41.8 Å². The van der Waals surface area contributed by atoms with Crippen LogP contribution in [0.2, 0.25) is 10.0 Å². The van der Waals surface area contributed by atoms with E-state index >= 15 is 0 Å².